The second kappa shape index (κ2) is 10.9. The molecule has 0 atom stereocenters. The number of ether oxygens (including phenoxy) is 2. The van der Waals surface area contributed by atoms with Gasteiger partial charge in [0.2, 0.25) is 0 Å². The van der Waals surface area contributed by atoms with Crippen LogP contribution in [-0.2, 0) is 24.2 Å². The molecule has 1 aromatic heterocycles. The van der Waals surface area contributed by atoms with E-state index >= 15 is 0 Å². The zero-order valence-corrected chi connectivity index (χ0v) is 19.4. The Hall–Kier alpha value is -1.46. The topological polar surface area (TPSA) is 67.8 Å². The minimum absolute atomic E-state index is 0. The fourth-order valence-corrected chi connectivity index (χ4v) is 3.85. The molecule has 28 heavy (non-hydrogen) atoms. The predicted octanol–water partition coefficient (Wildman–Crippen LogP) is 3.33. The highest BCUT2D eigenvalue weighted by Crippen LogP contribution is 2.29. The molecule has 9 heteroatoms. The Morgan fingerprint density at radius 1 is 1.25 bits per heavy atom. The molecule has 3 rings (SSSR count). The fourth-order valence-electron chi connectivity index (χ4n) is 2.91. The van der Waals surface area contributed by atoms with E-state index in [2.05, 4.69) is 27.5 Å². The Morgan fingerprint density at radius 3 is 2.68 bits per heavy atom. The number of thiazole rings is 1. The van der Waals surface area contributed by atoms with Crippen molar-refractivity contribution in [3.8, 4) is 5.75 Å². The lowest BCUT2D eigenvalue weighted by atomic mass is 10.1. The molecule has 1 aliphatic heterocycles. The summed E-state index contributed by atoms with van der Waals surface area (Å²) in [5.74, 6) is 1.19. The van der Waals surface area contributed by atoms with E-state index in [0.717, 1.165) is 46.5 Å². The van der Waals surface area contributed by atoms with Crippen molar-refractivity contribution in [2.45, 2.75) is 33.3 Å². The van der Waals surface area contributed by atoms with Crippen LogP contribution >= 0.6 is 35.3 Å². The Morgan fingerprint density at radius 2 is 2.00 bits per heavy atom. The molecule has 154 valence electrons. The number of aromatic nitrogens is 1. The normalized spacial score (nSPS) is 13.4. The van der Waals surface area contributed by atoms with Crippen LogP contribution in [-0.4, -0.2) is 37.9 Å². The highest BCUT2D eigenvalue weighted by Gasteiger charge is 2.16. The number of guanidine groups is 1. The number of fused-ring (bicyclic) bond motifs is 1. The van der Waals surface area contributed by atoms with Crippen molar-refractivity contribution < 1.29 is 13.9 Å². The molecule has 6 nitrogen and oxygen atoms in total. The molecule has 0 fully saturated rings. The van der Waals surface area contributed by atoms with Gasteiger partial charge < -0.3 is 20.1 Å². The van der Waals surface area contributed by atoms with Crippen LogP contribution < -0.4 is 15.4 Å². The van der Waals surface area contributed by atoms with Crippen LogP contribution in [0, 0.1) is 19.7 Å². The molecule has 1 aliphatic rings. The average Bonchev–Trinajstić information content (AvgIpc) is 2.97. The van der Waals surface area contributed by atoms with Gasteiger partial charge in [-0.1, -0.05) is 0 Å². The highest BCUT2D eigenvalue weighted by molar-refractivity contribution is 14.0. The molecule has 0 spiro atoms. The zero-order valence-electron chi connectivity index (χ0n) is 16.3. The number of halogens is 2. The maximum atomic E-state index is 13.8. The van der Waals surface area contributed by atoms with Gasteiger partial charge in [-0.05, 0) is 38.0 Å². The van der Waals surface area contributed by atoms with Gasteiger partial charge in [-0.25, -0.2) is 9.37 Å². The van der Waals surface area contributed by atoms with Gasteiger partial charge in [0.05, 0.1) is 17.3 Å². The summed E-state index contributed by atoms with van der Waals surface area (Å²) in [4.78, 5) is 10.0. The second-order valence-electron chi connectivity index (χ2n) is 6.34. The third-order valence-corrected chi connectivity index (χ3v) is 5.50. The third-order valence-electron chi connectivity index (χ3n) is 4.37. The first-order valence-electron chi connectivity index (χ1n) is 8.96. The van der Waals surface area contributed by atoms with E-state index in [1.807, 2.05) is 6.92 Å². The van der Waals surface area contributed by atoms with Gasteiger partial charge in [0.15, 0.2) is 12.8 Å². The van der Waals surface area contributed by atoms with E-state index in [1.54, 1.807) is 18.4 Å². The van der Waals surface area contributed by atoms with Gasteiger partial charge in [-0.15, -0.1) is 35.3 Å². The number of aliphatic imine (C=N–C) groups is 1. The first kappa shape index (κ1) is 22.8. The second-order valence-corrected chi connectivity index (χ2v) is 7.63. The van der Waals surface area contributed by atoms with E-state index in [0.29, 0.717) is 19.6 Å². The maximum absolute atomic E-state index is 13.8. The molecule has 0 bridgehead atoms. The van der Waals surface area contributed by atoms with Crippen molar-refractivity contribution in [1.82, 2.24) is 15.6 Å². The number of hydrogen-bond acceptors (Lipinski definition) is 5. The number of nitrogens with one attached hydrogen (secondary N) is 2. The number of nitrogens with zero attached hydrogens (tertiary/aromatic N) is 2. The quantitative estimate of drug-likeness (QED) is 0.348. The van der Waals surface area contributed by atoms with Crippen molar-refractivity contribution in [2.24, 2.45) is 4.99 Å². The molecule has 0 radical (unpaired) electrons. The lowest BCUT2D eigenvalue weighted by molar-refractivity contribution is -0.0172. The Bertz CT molecular complexity index is 809. The first-order chi connectivity index (χ1) is 13.1. The minimum atomic E-state index is -0.269. The van der Waals surface area contributed by atoms with Crippen molar-refractivity contribution in [3.63, 3.8) is 0 Å². The summed E-state index contributed by atoms with van der Waals surface area (Å²) >= 11 is 1.73. The van der Waals surface area contributed by atoms with Crippen molar-refractivity contribution in [2.75, 3.05) is 26.9 Å². The lowest BCUT2D eigenvalue weighted by Gasteiger charge is -2.21. The zero-order chi connectivity index (χ0) is 19.2. The average molecular weight is 520 g/mol. The summed E-state index contributed by atoms with van der Waals surface area (Å²) in [6, 6.07) is 2.99. The van der Waals surface area contributed by atoms with Gasteiger partial charge in [0.25, 0.3) is 0 Å². The van der Waals surface area contributed by atoms with Gasteiger partial charge in [-0.3, -0.25) is 4.99 Å². The molecule has 2 heterocycles. The summed E-state index contributed by atoms with van der Waals surface area (Å²) in [7, 11) is 1.73. The van der Waals surface area contributed by atoms with Crippen LogP contribution in [0.25, 0.3) is 0 Å². The van der Waals surface area contributed by atoms with Crippen LogP contribution in [0.3, 0.4) is 0 Å². The highest BCUT2D eigenvalue weighted by atomic mass is 127. The Kier molecular flexibility index (Phi) is 8.90. The number of hydrogen-bond donors (Lipinski definition) is 2. The molecule has 0 unspecified atom stereocenters. The SMILES string of the molecule is CN=C(NCCc1nc(C)c(C)s1)NCCc1cc(F)cc2c1OCOC2.I. The van der Waals surface area contributed by atoms with E-state index in [-0.39, 0.29) is 36.6 Å². The summed E-state index contributed by atoms with van der Waals surface area (Å²) in [6.45, 7) is 6.08. The molecule has 0 aliphatic carbocycles. The molecular weight excluding hydrogens is 494 g/mol. The van der Waals surface area contributed by atoms with Crippen LogP contribution in [0.4, 0.5) is 4.39 Å². The monoisotopic (exact) mass is 520 g/mol. The Balaban J connectivity index is 0.00000280. The minimum Gasteiger partial charge on any atom is -0.467 e. The van der Waals surface area contributed by atoms with Gasteiger partial charge >= 0.3 is 0 Å². The van der Waals surface area contributed by atoms with Crippen LogP contribution in [0.5, 0.6) is 5.75 Å². The summed E-state index contributed by atoms with van der Waals surface area (Å²) in [5.41, 5.74) is 2.70. The van der Waals surface area contributed by atoms with Crippen molar-refractivity contribution in [1.29, 1.82) is 0 Å². The number of rotatable bonds is 6. The fraction of sp³-hybridized carbons (Fsp3) is 0.474. The molecule has 2 aromatic rings. The Labute approximate surface area is 186 Å². The summed E-state index contributed by atoms with van der Waals surface area (Å²) in [6.07, 6.45) is 1.48. The molecule has 0 amide bonds. The van der Waals surface area contributed by atoms with E-state index in [9.17, 15) is 4.39 Å². The van der Waals surface area contributed by atoms with E-state index in [4.69, 9.17) is 9.47 Å². The van der Waals surface area contributed by atoms with E-state index < -0.39 is 0 Å². The predicted molar refractivity (Wildman–Crippen MR) is 120 cm³/mol. The lowest BCUT2D eigenvalue weighted by Crippen LogP contribution is -2.39. The smallest absolute Gasteiger partial charge is 0.191 e. The standard InChI is InChI=1S/C19H25FN4O2S.HI/c1-12-13(2)27-17(24-12)5-7-23-19(21-3)22-6-4-14-8-16(20)9-15-10-25-11-26-18(14)15;/h8-9H,4-7,10-11H2,1-3H3,(H2,21,22,23);1H. The van der Waals surface area contributed by atoms with Crippen molar-refractivity contribution in [3.05, 3.63) is 44.7 Å². The number of aryl methyl sites for hydroxylation is 2. The van der Waals surface area contributed by atoms with Gasteiger partial charge in [-0.2, -0.15) is 0 Å². The molecule has 0 saturated heterocycles. The largest absolute Gasteiger partial charge is 0.467 e. The molecule has 0 saturated carbocycles. The summed E-state index contributed by atoms with van der Waals surface area (Å²) in [5, 5.41) is 7.67. The summed E-state index contributed by atoms with van der Waals surface area (Å²) < 4.78 is 24.6. The maximum Gasteiger partial charge on any atom is 0.191 e. The van der Waals surface area contributed by atoms with Gasteiger partial charge in [0.1, 0.15) is 11.6 Å². The molecular formula is C19H26FIN4O2S. The molecule has 1 aromatic carbocycles. The number of benzene rings is 1. The molecule has 2 N–H and O–H groups in total. The van der Waals surface area contributed by atoms with Gasteiger partial charge in [0, 0.05) is 37.0 Å². The van der Waals surface area contributed by atoms with E-state index in [1.165, 1.54) is 17.0 Å². The van der Waals surface area contributed by atoms with Crippen LogP contribution in [0.1, 0.15) is 26.7 Å². The third kappa shape index (κ3) is 6.02. The van der Waals surface area contributed by atoms with Crippen LogP contribution in [0.2, 0.25) is 0 Å². The van der Waals surface area contributed by atoms with Crippen molar-refractivity contribution >= 4 is 41.3 Å². The first-order valence-corrected chi connectivity index (χ1v) is 9.77. The van der Waals surface area contributed by atoms with Crippen LogP contribution in [0.15, 0.2) is 17.1 Å².